The number of aliphatic hydroxyl groups is 1. The van der Waals surface area contributed by atoms with Gasteiger partial charge in [0.15, 0.2) is 6.61 Å². The fraction of sp³-hybridized carbons (Fsp3) is 0.381. The summed E-state index contributed by atoms with van der Waals surface area (Å²) in [6, 6.07) is 18.9. The van der Waals surface area contributed by atoms with Crippen LogP contribution in [0.5, 0.6) is 11.5 Å². The number of para-hydroxylation sites is 2. The molecule has 3 rings (SSSR count). The van der Waals surface area contributed by atoms with Crippen LogP contribution in [-0.4, -0.2) is 68.0 Å². The fourth-order valence-electron chi connectivity index (χ4n) is 3.13. The maximum Gasteiger partial charge on any atom is 0.260 e. The molecule has 27 heavy (non-hydrogen) atoms. The molecule has 1 atom stereocenters. The van der Waals surface area contributed by atoms with Gasteiger partial charge in [0, 0.05) is 0 Å². The first-order valence-corrected chi connectivity index (χ1v) is 9.36. The molecule has 6 nitrogen and oxygen atoms in total. The minimum absolute atomic E-state index is 0.00543. The van der Waals surface area contributed by atoms with Gasteiger partial charge in [0.05, 0.1) is 26.2 Å². The van der Waals surface area contributed by atoms with Crippen molar-refractivity contribution in [3.8, 4) is 11.5 Å². The number of benzene rings is 2. The normalized spacial score (nSPS) is 16.0. The van der Waals surface area contributed by atoms with Crippen molar-refractivity contribution in [2.45, 2.75) is 6.10 Å². The van der Waals surface area contributed by atoms with E-state index in [0.29, 0.717) is 25.4 Å². The summed E-state index contributed by atoms with van der Waals surface area (Å²) < 4.78 is 11.1. The van der Waals surface area contributed by atoms with E-state index in [-0.39, 0.29) is 19.1 Å². The fourth-order valence-corrected chi connectivity index (χ4v) is 3.13. The van der Waals surface area contributed by atoms with Gasteiger partial charge >= 0.3 is 0 Å². The SMILES string of the molecule is O=C(COc1ccccc1)N1CC[NH+](C[C@H](O)COc2ccccc2)CC1. The van der Waals surface area contributed by atoms with Crippen molar-refractivity contribution in [2.75, 3.05) is 45.9 Å². The number of rotatable bonds is 8. The van der Waals surface area contributed by atoms with E-state index in [1.807, 2.05) is 65.6 Å². The van der Waals surface area contributed by atoms with Gasteiger partial charge in [0.1, 0.15) is 30.8 Å². The average Bonchev–Trinajstić information content (AvgIpc) is 2.72. The molecule has 6 heteroatoms. The second-order valence-corrected chi connectivity index (χ2v) is 6.71. The molecule has 0 radical (unpaired) electrons. The lowest BCUT2D eigenvalue weighted by Gasteiger charge is -2.33. The van der Waals surface area contributed by atoms with Gasteiger partial charge < -0.3 is 24.4 Å². The van der Waals surface area contributed by atoms with E-state index in [0.717, 1.165) is 18.8 Å². The highest BCUT2D eigenvalue weighted by molar-refractivity contribution is 5.77. The van der Waals surface area contributed by atoms with Crippen LogP contribution in [0.3, 0.4) is 0 Å². The van der Waals surface area contributed by atoms with Crippen LogP contribution in [0.15, 0.2) is 60.7 Å². The Morgan fingerprint density at radius 3 is 2.11 bits per heavy atom. The third-order valence-electron chi connectivity index (χ3n) is 4.64. The van der Waals surface area contributed by atoms with Crippen LogP contribution in [0.25, 0.3) is 0 Å². The minimum atomic E-state index is -0.524. The summed E-state index contributed by atoms with van der Waals surface area (Å²) in [6.45, 7) is 3.96. The maximum atomic E-state index is 12.3. The Kier molecular flexibility index (Phi) is 7.07. The lowest BCUT2D eigenvalue weighted by molar-refractivity contribution is -0.907. The Morgan fingerprint density at radius 1 is 0.963 bits per heavy atom. The van der Waals surface area contributed by atoms with Crippen molar-refractivity contribution in [2.24, 2.45) is 0 Å². The summed E-state index contributed by atoms with van der Waals surface area (Å²) in [5, 5.41) is 10.2. The quantitative estimate of drug-likeness (QED) is 0.698. The predicted molar refractivity (Wildman–Crippen MR) is 102 cm³/mol. The monoisotopic (exact) mass is 371 g/mol. The van der Waals surface area contributed by atoms with E-state index in [4.69, 9.17) is 9.47 Å². The molecular formula is C21H27N2O4+. The molecule has 0 bridgehead atoms. The van der Waals surface area contributed by atoms with Crippen molar-refractivity contribution in [1.82, 2.24) is 4.90 Å². The number of hydrogen-bond acceptors (Lipinski definition) is 4. The van der Waals surface area contributed by atoms with E-state index in [2.05, 4.69) is 0 Å². The molecule has 0 aromatic heterocycles. The number of hydrogen-bond donors (Lipinski definition) is 2. The van der Waals surface area contributed by atoms with Crippen molar-refractivity contribution in [3.05, 3.63) is 60.7 Å². The van der Waals surface area contributed by atoms with Crippen molar-refractivity contribution in [3.63, 3.8) is 0 Å². The van der Waals surface area contributed by atoms with E-state index in [9.17, 15) is 9.90 Å². The first-order chi connectivity index (χ1) is 13.2. The lowest BCUT2D eigenvalue weighted by atomic mass is 10.2. The van der Waals surface area contributed by atoms with Gasteiger partial charge in [-0.05, 0) is 24.3 Å². The van der Waals surface area contributed by atoms with Gasteiger partial charge in [0.2, 0.25) is 0 Å². The standard InChI is InChI=1S/C21H26N2O4/c24-18(16-26-19-7-3-1-4-8-19)15-22-11-13-23(14-12-22)21(25)17-27-20-9-5-2-6-10-20/h1-10,18,24H,11-17H2/p+1/t18-/m0/s1. The van der Waals surface area contributed by atoms with Crippen molar-refractivity contribution in [1.29, 1.82) is 0 Å². The van der Waals surface area contributed by atoms with E-state index < -0.39 is 6.10 Å². The van der Waals surface area contributed by atoms with Gasteiger partial charge in [0.25, 0.3) is 5.91 Å². The van der Waals surface area contributed by atoms with E-state index >= 15 is 0 Å². The molecule has 2 aromatic carbocycles. The predicted octanol–water partition coefficient (Wildman–Crippen LogP) is 0.232. The summed E-state index contributed by atoms with van der Waals surface area (Å²) in [7, 11) is 0. The Labute approximate surface area is 159 Å². The number of amides is 1. The highest BCUT2D eigenvalue weighted by atomic mass is 16.5. The van der Waals surface area contributed by atoms with Gasteiger partial charge in [-0.15, -0.1) is 0 Å². The highest BCUT2D eigenvalue weighted by Gasteiger charge is 2.25. The van der Waals surface area contributed by atoms with Gasteiger partial charge in [-0.1, -0.05) is 36.4 Å². The Balaban J connectivity index is 1.34. The van der Waals surface area contributed by atoms with Crippen LogP contribution in [0.1, 0.15) is 0 Å². The Hall–Kier alpha value is -2.57. The Morgan fingerprint density at radius 2 is 1.52 bits per heavy atom. The lowest BCUT2D eigenvalue weighted by Crippen LogP contribution is -3.16. The molecule has 0 aliphatic carbocycles. The molecule has 0 unspecified atom stereocenters. The number of carbonyl (C=O) groups is 1. The first-order valence-electron chi connectivity index (χ1n) is 9.36. The summed E-state index contributed by atoms with van der Waals surface area (Å²) in [5.41, 5.74) is 0. The molecular weight excluding hydrogens is 344 g/mol. The molecule has 1 heterocycles. The summed E-state index contributed by atoms with van der Waals surface area (Å²) in [6.07, 6.45) is -0.524. The molecule has 2 N–H and O–H groups in total. The number of piperazine rings is 1. The zero-order valence-electron chi connectivity index (χ0n) is 15.4. The molecule has 1 saturated heterocycles. The molecule has 1 amide bonds. The van der Waals surface area contributed by atoms with Crippen LogP contribution in [0.4, 0.5) is 0 Å². The van der Waals surface area contributed by atoms with E-state index in [1.165, 1.54) is 4.90 Å². The molecule has 0 spiro atoms. The largest absolute Gasteiger partial charge is 0.491 e. The van der Waals surface area contributed by atoms with E-state index in [1.54, 1.807) is 0 Å². The Bertz CT molecular complexity index is 688. The zero-order chi connectivity index (χ0) is 18.9. The maximum absolute atomic E-state index is 12.3. The average molecular weight is 371 g/mol. The minimum Gasteiger partial charge on any atom is -0.491 e. The number of carbonyl (C=O) groups excluding carboxylic acids is 1. The van der Waals surface area contributed by atoms with Gasteiger partial charge in [-0.3, -0.25) is 4.79 Å². The number of aliphatic hydroxyl groups excluding tert-OH is 1. The summed E-state index contributed by atoms with van der Waals surface area (Å²) in [4.78, 5) is 15.4. The highest BCUT2D eigenvalue weighted by Crippen LogP contribution is 2.09. The second-order valence-electron chi connectivity index (χ2n) is 6.71. The summed E-state index contributed by atoms with van der Waals surface area (Å²) >= 11 is 0. The van der Waals surface area contributed by atoms with Crippen molar-refractivity contribution >= 4 is 5.91 Å². The smallest absolute Gasteiger partial charge is 0.260 e. The number of ether oxygens (including phenoxy) is 2. The topological polar surface area (TPSA) is 63.4 Å². The molecule has 2 aromatic rings. The molecule has 1 fully saturated rings. The zero-order valence-corrected chi connectivity index (χ0v) is 15.4. The van der Waals surface area contributed by atoms with Crippen molar-refractivity contribution < 1.29 is 24.3 Å². The molecule has 144 valence electrons. The molecule has 1 aliphatic heterocycles. The number of quaternary nitrogens is 1. The summed E-state index contributed by atoms with van der Waals surface area (Å²) in [5.74, 6) is 1.47. The second kappa shape index (κ2) is 9.94. The number of nitrogens with one attached hydrogen (secondary N) is 1. The van der Waals surface area contributed by atoms with Crippen LogP contribution < -0.4 is 14.4 Å². The van der Waals surface area contributed by atoms with Crippen LogP contribution >= 0.6 is 0 Å². The van der Waals surface area contributed by atoms with Crippen LogP contribution in [0.2, 0.25) is 0 Å². The molecule has 0 saturated carbocycles. The third-order valence-corrected chi connectivity index (χ3v) is 4.64. The first kappa shape index (κ1) is 19.2. The third kappa shape index (κ3) is 6.27. The van der Waals surface area contributed by atoms with Gasteiger partial charge in [-0.25, -0.2) is 0 Å². The molecule has 1 aliphatic rings. The van der Waals surface area contributed by atoms with Gasteiger partial charge in [-0.2, -0.15) is 0 Å². The van der Waals surface area contributed by atoms with Crippen LogP contribution in [0, 0.1) is 0 Å². The number of nitrogens with zero attached hydrogens (tertiary/aromatic N) is 1. The van der Waals surface area contributed by atoms with Crippen LogP contribution in [-0.2, 0) is 4.79 Å².